The number of amides is 2. The first-order valence-corrected chi connectivity index (χ1v) is 10.0. The zero-order chi connectivity index (χ0) is 21.1. The van der Waals surface area contributed by atoms with Crippen LogP contribution in [-0.4, -0.2) is 25.0 Å². The van der Waals surface area contributed by atoms with Crippen molar-refractivity contribution in [3.05, 3.63) is 59.7 Å². The molecule has 0 spiro atoms. The highest BCUT2D eigenvalue weighted by Crippen LogP contribution is 2.18. The van der Waals surface area contributed by atoms with Gasteiger partial charge in [-0.3, -0.25) is 20.4 Å². The van der Waals surface area contributed by atoms with E-state index < -0.39 is 11.8 Å². The van der Waals surface area contributed by atoms with E-state index in [0.717, 1.165) is 25.0 Å². The van der Waals surface area contributed by atoms with Crippen LogP contribution in [0, 0.1) is 0 Å². The van der Waals surface area contributed by atoms with Gasteiger partial charge in [0.15, 0.2) is 6.61 Å². The van der Waals surface area contributed by atoms with Crippen molar-refractivity contribution in [3.8, 4) is 11.5 Å². The standard InChI is InChI=1S/C23H30N2O4/c1-4-5-6-15-28-20-13-9-19(10-14-20)23(27)25-24-22(26)16-29-21-11-7-18(8-12-21)17(2)3/h7-14,17H,4-6,15-16H2,1-3H3,(H,24,26)(H,25,27). The first-order chi connectivity index (χ1) is 14.0. The number of rotatable bonds is 10. The van der Waals surface area contributed by atoms with Crippen LogP contribution in [0.15, 0.2) is 48.5 Å². The van der Waals surface area contributed by atoms with Gasteiger partial charge in [0, 0.05) is 5.56 Å². The second kappa shape index (κ2) is 11.7. The average Bonchev–Trinajstić information content (AvgIpc) is 2.74. The van der Waals surface area contributed by atoms with Crippen LogP contribution in [0.2, 0.25) is 0 Å². The fourth-order valence-electron chi connectivity index (χ4n) is 2.58. The molecule has 29 heavy (non-hydrogen) atoms. The number of benzene rings is 2. The van der Waals surface area contributed by atoms with Crippen molar-refractivity contribution in [2.24, 2.45) is 0 Å². The predicted octanol–water partition coefficient (Wildman–Crippen LogP) is 4.22. The van der Waals surface area contributed by atoms with E-state index in [1.54, 1.807) is 24.3 Å². The summed E-state index contributed by atoms with van der Waals surface area (Å²) in [6.07, 6.45) is 3.28. The molecule has 2 rings (SSSR count). The van der Waals surface area contributed by atoms with Gasteiger partial charge in [0.2, 0.25) is 0 Å². The molecule has 0 saturated heterocycles. The van der Waals surface area contributed by atoms with Crippen LogP contribution in [0.5, 0.6) is 11.5 Å². The summed E-state index contributed by atoms with van der Waals surface area (Å²) in [6, 6.07) is 14.4. The minimum atomic E-state index is -0.442. The lowest BCUT2D eigenvalue weighted by molar-refractivity contribution is -0.123. The van der Waals surface area contributed by atoms with Crippen molar-refractivity contribution in [3.63, 3.8) is 0 Å². The molecule has 0 saturated carbocycles. The summed E-state index contributed by atoms with van der Waals surface area (Å²) in [7, 11) is 0. The summed E-state index contributed by atoms with van der Waals surface area (Å²) < 4.78 is 11.0. The van der Waals surface area contributed by atoms with E-state index in [0.29, 0.717) is 23.8 Å². The smallest absolute Gasteiger partial charge is 0.276 e. The van der Waals surface area contributed by atoms with Crippen LogP contribution in [0.3, 0.4) is 0 Å². The molecule has 6 nitrogen and oxygen atoms in total. The lowest BCUT2D eigenvalue weighted by Crippen LogP contribution is -2.43. The van der Waals surface area contributed by atoms with E-state index in [4.69, 9.17) is 9.47 Å². The normalized spacial score (nSPS) is 10.5. The Hall–Kier alpha value is -3.02. The van der Waals surface area contributed by atoms with Crippen LogP contribution in [0.25, 0.3) is 0 Å². The van der Waals surface area contributed by atoms with Gasteiger partial charge in [-0.1, -0.05) is 45.7 Å². The van der Waals surface area contributed by atoms with Crippen molar-refractivity contribution in [1.82, 2.24) is 10.9 Å². The van der Waals surface area contributed by atoms with Gasteiger partial charge < -0.3 is 9.47 Å². The van der Waals surface area contributed by atoms with Gasteiger partial charge in [-0.2, -0.15) is 0 Å². The number of ether oxygens (including phenoxy) is 2. The van der Waals surface area contributed by atoms with E-state index >= 15 is 0 Å². The van der Waals surface area contributed by atoms with Gasteiger partial charge in [0.1, 0.15) is 11.5 Å². The van der Waals surface area contributed by atoms with Gasteiger partial charge in [-0.15, -0.1) is 0 Å². The molecule has 2 N–H and O–H groups in total. The first-order valence-electron chi connectivity index (χ1n) is 10.0. The number of hydrogen-bond donors (Lipinski definition) is 2. The third-order valence-corrected chi connectivity index (χ3v) is 4.37. The highest BCUT2D eigenvalue weighted by atomic mass is 16.5. The van der Waals surface area contributed by atoms with Crippen LogP contribution in [0.4, 0.5) is 0 Å². The Morgan fingerprint density at radius 1 is 0.862 bits per heavy atom. The number of hydrazine groups is 1. The Morgan fingerprint density at radius 2 is 1.48 bits per heavy atom. The molecule has 0 aliphatic carbocycles. The Morgan fingerprint density at radius 3 is 2.10 bits per heavy atom. The molecule has 0 fully saturated rings. The molecule has 0 heterocycles. The van der Waals surface area contributed by atoms with Crippen molar-refractivity contribution >= 4 is 11.8 Å². The summed E-state index contributed by atoms with van der Waals surface area (Å²) >= 11 is 0. The molecule has 0 aromatic heterocycles. The summed E-state index contributed by atoms with van der Waals surface area (Å²) in [5.74, 6) is 0.910. The van der Waals surface area contributed by atoms with E-state index in [-0.39, 0.29) is 6.61 Å². The fourth-order valence-corrected chi connectivity index (χ4v) is 2.58. The summed E-state index contributed by atoms with van der Waals surface area (Å²) in [5, 5.41) is 0. The molecular formula is C23H30N2O4. The third kappa shape index (κ3) is 7.86. The van der Waals surface area contributed by atoms with Gasteiger partial charge in [-0.25, -0.2) is 0 Å². The van der Waals surface area contributed by atoms with Crippen LogP contribution >= 0.6 is 0 Å². The van der Waals surface area contributed by atoms with Gasteiger partial charge in [-0.05, 0) is 54.3 Å². The molecule has 2 aromatic carbocycles. The van der Waals surface area contributed by atoms with Crippen LogP contribution in [0.1, 0.15) is 61.9 Å². The maximum Gasteiger partial charge on any atom is 0.276 e. The van der Waals surface area contributed by atoms with E-state index in [2.05, 4.69) is 31.6 Å². The Kier molecular flexibility index (Phi) is 9.02. The zero-order valence-corrected chi connectivity index (χ0v) is 17.4. The molecular weight excluding hydrogens is 368 g/mol. The third-order valence-electron chi connectivity index (χ3n) is 4.37. The summed E-state index contributed by atoms with van der Waals surface area (Å²) in [6.45, 7) is 6.84. The molecule has 0 radical (unpaired) electrons. The average molecular weight is 399 g/mol. The summed E-state index contributed by atoms with van der Waals surface area (Å²) in [5.41, 5.74) is 6.36. The van der Waals surface area contributed by atoms with Crippen LogP contribution in [-0.2, 0) is 4.79 Å². The van der Waals surface area contributed by atoms with E-state index in [1.807, 2.05) is 24.3 Å². The van der Waals surface area contributed by atoms with Gasteiger partial charge in [0.25, 0.3) is 11.8 Å². The first kappa shape index (κ1) is 22.3. The molecule has 0 unspecified atom stereocenters. The SMILES string of the molecule is CCCCCOc1ccc(C(=O)NNC(=O)COc2ccc(C(C)C)cc2)cc1. The maximum atomic E-state index is 12.1. The molecule has 2 aromatic rings. The van der Waals surface area contributed by atoms with Crippen molar-refractivity contribution in [1.29, 1.82) is 0 Å². The second-order valence-corrected chi connectivity index (χ2v) is 7.09. The van der Waals surface area contributed by atoms with Crippen LogP contribution < -0.4 is 20.3 Å². The lowest BCUT2D eigenvalue weighted by Gasteiger charge is -2.10. The Labute approximate surface area is 172 Å². The number of carbonyl (C=O) groups excluding carboxylic acids is 2. The quantitative estimate of drug-likeness (QED) is 0.464. The topological polar surface area (TPSA) is 76.7 Å². The van der Waals surface area contributed by atoms with E-state index in [1.165, 1.54) is 5.56 Å². The van der Waals surface area contributed by atoms with Crippen molar-refractivity contribution < 1.29 is 19.1 Å². The maximum absolute atomic E-state index is 12.1. The molecule has 156 valence electrons. The molecule has 0 aliphatic rings. The minimum Gasteiger partial charge on any atom is -0.494 e. The van der Waals surface area contributed by atoms with Gasteiger partial charge in [0.05, 0.1) is 6.61 Å². The molecule has 0 atom stereocenters. The van der Waals surface area contributed by atoms with Crippen molar-refractivity contribution in [2.75, 3.05) is 13.2 Å². The second-order valence-electron chi connectivity index (χ2n) is 7.09. The fraction of sp³-hybridized carbons (Fsp3) is 0.391. The monoisotopic (exact) mass is 398 g/mol. The molecule has 0 bridgehead atoms. The highest BCUT2D eigenvalue weighted by Gasteiger charge is 2.08. The number of nitrogens with one attached hydrogen (secondary N) is 2. The number of carbonyl (C=O) groups is 2. The molecule has 2 amide bonds. The van der Waals surface area contributed by atoms with Crippen molar-refractivity contribution in [2.45, 2.75) is 46.0 Å². The predicted molar refractivity (Wildman–Crippen MR) is 113 cm³/mol. The largest absolute Gasteiger partial charge is 0.494 e. The number of unbranched alkanes of at least 4 members (excludes halogenated alkanes) is 2. The molecule has 6 heteroatoms. The minimum absolute atomic E-state index is 0.189. The molecule has 0 aliphatic heterocycles. The Balaban J connectivity index is 1.71. The zero-order valence-electron chi connectivity index (χ0n) is 17.4. The lowest BCUT2D eigenvalue weighted by atomic mass is 10.0. The number of hydrogen-bond acceptors (Lipinski definition) is 4. The highest BCUT2D eigenvalue weighted by molar-refractivity contribution is 5.95. The van der Waals surface area contributed by atoms with E-state index in [9.17, 15) is 9.59 Å². The Bertz CT molecular complexity index is 770. The van der Waals surface area contributed by atoms with Gasteiger partial charge >= 0.3 is 0 Å². The summed E-state index contributed by atoms with van der Waals surface area (Å²) in [4.78, 5) is 24.0.